The van der Waals surface area contributed by atoms with Gasteiger partial charge in [0.2, 0.25) is 0 Å². The lowest BCUT2D eigenvalue weighted by Gasteiger charge is -2.25. The van der Waals surface area contributed by atoms with Crippen LogP contribution in [0.25, 0.3) is 0 Å². The monoisotopic (exact) mass is 358 g/mol. The zero-order valence-electron chi connectivity index (χ0n) is 15.4. The van der Waals surface area contributed by atoms with Crippen LogP contribution < -0.4 is 5.32 Å². The number of allylic oxidation sites excluding steroid dienone is 1. The number of hydrogen-bond donors (Lipinski definition) is 2. The molecule has 0 saturated heterocycles. The van der Waals surface area contributed by atoms with E-state index in [1.165, 1.54) is 5.56 Å². The Morgan fingerprint density at radius 1 is 1.27 bits per heavy atom. The van der Waals surface area contributed by atoms with Gasteiger partial charge in [0.25, 0.3) is 0 Å². The van der Waals surface area contributed by atoms with Crippen molar-refractivity contribution in [3.05, 3.63) is 59.8 Å². The maximum Gasteiger partial charge on any atom is 0.408 e. The van der Waals surface area contributed by atoms with Gasteiger partial charge in [-0.2, -0.15) is 0 Å². The summed E-state index contributed by atoms with van der Waals surface area (Å²) in [6.07, 6.45) is 5.29. The zero-order chi connectivity index (χ0) is 19.2. The highest BCUT2D eigenvalue weighted by Gasteiger charge is 2.25. The summed E-state index contributed by atoms with van der Waals surface area (Å²) in [4.78, 5) is 25.5. The lowest BCUT2D eigenvalue weighted by Crippen LogP contribution is -2.43. The van der Waals surface area contributed by atoms with Crippen LogP contribution in [0.4, 0.5) is 4.79 Å². The van der Waals surface area contributed by atoms with Gasteiger partial charge in [-0.05, 0) is 31.9 Å². The van der Waals surface area contributed by atoms with E-state index in [4.69, 9.17) is 4.74 Å². The van der Waals surface area contributed by atoms with E-state index in [0.29, 0.717) is 0 Å². The molecule has 1 atom stereocenters. The molecular formula is C20H26N2O4. The first-order valence-corrected chi connectivity index (χ1v) is 8.60. The molecule has 0 aromatic heterocycles. The number of rotatable bonds is 6. The second kappa shape index (κ2) is 8.56. The van der Waals surface area contributed by atoms with Crippen molar-refractivity contribution in [3.8, 4) is 0 Å². The number of carboxylic acid groups (broad SMARTS) is 1. The first kappa shape index (κ1) is 19.6. The largest absolute Gasteiger partial charge is 0.480 e. The summed E-state index contributed by atoms with van der Waals surface area (Å²) in [5.74, 6) is -1.09. The molecule has 0 unspecified atom stereocenters. The number of carbonyl (C=O) groups excluding carboxylic acids is 1. The number of alkyl carbamates (subject to hydrolysis) is 1. The molecule has 1 aliphatic rings. The summed E-state index contributed by atoms with van der Waals surface area (Å²) in [6.45, 7) is 6.70. The average molecular weight is 358 g/mol. The van der Waals surface area contributed by atoms with Crippen molar-refractivity contribution in [2.75, 3.05) is 6.54 Å². The average Bonchev–Trinajstić information content (AvgIpc) is 2.53. The topological polar surface area (TPSA) is 78.9 Å². The number of ether oxygens (including phenoxy) is 1. The molecule has 6 heteroatoms. The summed E-state index contributed by atoms with van der Waals surface area (Å²) < 4.78 is 5.15. The maximum atomic E-state index is 11.9. The Morgan fingerprint density at radius 2 is 1.96 bits per heavy atom. The Balaban J connectivity index is 1.99. The quantitative estimate of drug-likeness (QED) is 0.816. The molecule has 1 aromatic carbocycles. The fourth-order valence-corrected chi connectivity index (χ4v) is 2.60. The normalized spacial score (nSPS) is 15.2. The van der Waals surface area contributed by atoms with E-state index in [9.17, 15) is 14.7 Å². The standard InChI is InChI=1S/C20H26N2O4/c1-20(2,3)26-19(25)21-17(18(23)24)12-16-10-7-11-22(14-16)13-15-8-5-4-6-9-15/h4-10,14,17H,11-13H2,1-3H3,(H,21,25)(H,23,24)/t17-/m1/s1. The molecule has 0 spiro atoms. The number of nitrogens with zero attached hydrogens (tertiary/aromatic N) is 1. The number of amides is 1. The second-order valence-corrected chi connectivity index (χ2v) is 7.26. The Kier molecular flexibility index (Phi) is 6.44. The van der Waals surface area contributed by atoms with Gasteiger partial charge in [-0.3, -0.25) is 0 Å². The molecule has 0 fully saturated rings. The number of carbonyl (C=O) groups is 2. The van der Waals surface area contributed by atoms with Crippen molar-refractivity contribution in [1.29, 1.82) is 0 Å². The van der Waals surface area contributed by atoms with Gasteiger partial charge in [-0.15, -0.1) is 0 Å². The lowest BCUT2D eigenvalue weighted by molar-refractivity contribution is -0.139. The SMILES string of the molecule is CC(C)(C)OC(=O)N[C@H](CC1=CN(Cc2ccccc2)CC=C1)C(=O)O. The molecule has 2 N–H and O–H groups in total. The fourth-order valence-electron chi connectivity index (χ4n) is 2.60. The maximum absolute atomic E-state index is 11.9. The molecule has 0 radical (unpaired) electrons. The Hall–Kier alpha value is -2.76. The summed E-state index contributed by atoms with van der Waals surface area (Å²) in [5, 5.41) is 11.8. The number of aliphatic carboxylic acids is 1. The first-order valence-electron chi connectivity index (χ1n) is 8.60. The molecule has 26 heavy (non-hydrogen) atoms. The van der Waals surface area contributed by atoms with Crippen LogP contribution in [0.15, 0.2) is 54.3 Å². The number of nitrogens with one attached hydrogen (secondary N) is 1. The third-order valence-corrected chi connectivity index (χ3v) is 3.68. The third-order valence-electron chi connectivity index (χ3n) is 3.68. The molecule has 0 bridgehead atoms. The van der Waals surface area contributed by atoms with Crippen molar-refractivity contribution in [2.45, 2.75) is 45.4 Å². The van der Waals surface area contributed by atoms with Gasteiger partial charge < -0.3 is 20.1 Å². The predicted molar refractivity (Wildman–Crippen MR) is 99.5 cm³/mol. The lowest BCUT2D eigenvalue weighted by atomic mass is 10.0. The molecule has 1 aromatic rings. The highest BCUT2D eigenvalue weighted by Crippen LogP contribution is 2.17. The number of carboxylic acids is 1. The van der Waals surface area contributed by atoms with E-state index in [0.717, 1.165) is 18.7 Å². The van der Waals surface area contributed by atoms with Gasteiger partial charge in [-0.1, -0.05) is 42.5 Å². The molecule has 140 valence electrons. The molecule has 2 rings (SSSR count). The minimum atomic E-state index is -1.09. The van der Waals surface area contributed by atoms with Crippen LogP contribution in [0.2, 0.25) is 0 Å². The minimum absolute atomic E-state index is 0.191. The van der Waals surface area contributed by atoms with Crippen molar-refractivity contribution in [1.82, 2.24) is 10.2 Å². The van der Waals surface area contributed by atoms with Crippen molar-refractivity contribution >= 4 is 12.1 Å². The van der Waals surface area contributed by atoms with Gasteiger partial charge in [0.1, 0.15) is 11.6 Å². The second-order valence-electron chi connectivity index (χ2n) is 7.26. The Labute approximate surface area is 154 Å². The van der Waals surface area contributed by atoms with Crippen molar-refractivity contribution in [2.24, 2.45) is 0 Å². The highest BCUT2D eigenvalue weighted by molar-refractivity contribution is 5.80. The smallest absolute Gasteiger partial charge is 0.408 e. The summed E-state index contributed by atoms with van der Waals surface area (Å²) in [5.41, 5.74) is 1.35. The van der Waals surface area contributed by atoms with Gasteiger partial charge in [0.15, 0.2) is 0 Å². The Bertz CT molecular complexity index is 690. The van der Waals surface area contributed by atoms with Crippen molar-refractivity contribution in [3.63, 3.8) is 0 Å². The Morgan fingerprint density at radius 3 is 2.58 bits per heavy atom. The van der Waals surface area contributed by atoms with Gasteiger partial charge in [0, 0.05) is 25.7 Å². The summed E-state index contributed by atoms with van der Waals surface area (Å²) >= 11 is 0. The van der Waals surface area contributed by atoms with Crippen LogP contribution >= 0.6 is 0 Å². The van der Waals surface area contributed by atoms with E-state index in [1.807, 2.05) is 36.6 Å². The third kappa shape index (κ3) is 6.63. The van der Waals surface area contributed by atoms with E-state index >= 15 is 0 Å². The zero-order valence-corrected chi connectivity index (χ0v) is 15.4. The molecule has 6 nitrogen and oxygen atoms in total. The predicted octanol–water partition coefficient (Wildman–Crippen LogP) is 3.31. The molecular weight excluding hydrogens is 332 g/mol. The number of benzene rings is 1. The van der Waals surface area contributed by atoms with E-state index in [-0.39, 0.29) is 6.42 Å². The highest BCUT2D eigenvalue weighted by atomic mass is 16.6. The minimum Gasteiger partial charge on any atom is -0.480 e. The van der Waals surface area contributed by atoms with Gasteiger partial charge >= 0.3 is 12.1 Å². The molecule has 1 aliphatic heterocycles. The fraction of sp³-hybridized carbons (Fsp3) is 0.400. The number of hydrogen-bond acceptors (Lipinski definition) is 4. The summed E-state index contributed by atoms with van der Waals surface area (Å²) in [6, 6.07) is 9.01. The van der Waals surface area contributed by atoms with E-state index in [2.05, 4.69) is 22.3 Å². The molecule has 1 amide bonds. The molecule has 0 saturated carbocycles. The van der Waals surface area contributed by atoms with Crippen LogP contribution in [0.3, 0.4) is 0 Å². The molecule has 0 aliphatic carbocycles. The molecule has 1 heterocycles. The van der Waals surface area contributed by atoms with Crippen molar-refractivity contribution < 1.29 is 19.4 Å². The van der Waals surface area contributed by atoms with E-state index in [1.54, 1.807) is 20.8 Å². The van der Waals surface area contributed by atoms with Crippen LogP contribution in [-0.4, -0.2) is 40.3 Å². The van der Waals surface area contributed by atoms with Gasteiger partial charge in [-0.25, -0.2) is 9.59 Å². The first-order chi connectivity index (χ1) is 12.2. The van der Waals surface area contributed by atoms with Crippen LogP contribution in [0, 0.1) is 0 Å². The van der Waals surface area contributed by atoms with E-state index < -0.39 is 23.7 Å². The van der Waals surface area contributed by atoms with Gasteiger partial charge in [0.05, 0.1) is 0 Å². The summed E-state index contributed by atoms with van der Waals surface area (Å²) in [7, 11) is 0. The van der Waals surface area contributed by atoms with Crippen LogP contribution in [0.1, 0.15) is 32.8 Å². The van der Waals surface area contributed by atoms with Crippen LogP contribution in [-0.2, 0) is 16.1 Å². The van der Waals surface area contributed by atoms with Crippen LogP contribution in [0.5, 0.6) is 0 Å².